The third-order valence-electron chi connectivity index (χ3n) is 4.25. The number of rotatable bonds is 9. The number of thioether (sulfide) groups is 1. The molecule has 0 N–H and O–H groups in total. The Bertz CT molecular complexity index is 1050. The number of benzene rings is 2. The Labute approximate surface area is 189 Å². The van der Waals surface area contributed by atoms with Crippen LogP contribution in [-0.4, -0.2) is 41.6 Å². The molecule has 6 nitrogen and oxygen atoms in total. The van der Waals surface area contributed by atoms with Crippen molar-refractivity contribution in [3.8, 4) is 11.5 Å². The topological polar surface area (TPSA) is 72.9 Å². The van der Waals surface area contributed by atoms with E-state index in [1.54, 1.807) is 54.6 Å². The third-order valence-corrected chi connectivity index (χ3v) is 5.43. The molecule has 2 amide bonds. The van der Waals surface area contributed by atoms with Gasteiger partial charge >= 0.3 is 0 Å². The van der Waals surface area contributed by atoms with Gasteiger partial charge in [0, 0.05) is 5.56 Å². The lowest BCUT2D eigenvalue weighted by atomic mass is 10.1. The average molecular weight is 458 g/mol. The van der Waals surface area contributed by atoms with Crippen molar-refractivity contribution >= 4 is 46.4 Å². The highest BCUT2D eigenvalue weighted by atomic mass is 35.5. The first-order valence-corrected chi connectivity index (χ1v) is 10.7. The van der Waals surface area contributed by atoms with Gasteiger partial charge in [-0.1, -0.05) is 54.6 Å². The third kappa shape index (κ3) is 5.37. The number of hydrogen-bond acceptors (Lipinski definition) is 6. The van der Waals surface area contributed by atoms with E-state index in [1.807, 2.05) is 6.92 Å². The normalized spacial score (nSPS) is 14.8. The molecule has 8 heteroatoms. The summed E-state index contributed by atoms with van der Waals surface area (Å²) in [4.78, 5) is 38.7. The van der Waals surface area contributed by atoms with Crippen LogP contribution in [0.3, 0.4) is 0 Å². The summed E-state index contributed by atoms with van der Waals surface area (Å²) in [6, 6.07) is 11.8. The standard InChI is InChI=1S/C23H20ClNO5S/c1-3-10-30-21-17(24)11-15(12-19(21)29-4-2)13-20-22(27)25(23(28)31-20)14-18(26)16-8-6-5-7-9-16/h3,5-9,11-13H,1,4,10,14H2,2H3/b20-13+. The molecule has 2 aromatic carbocycles. The maximum atomic E-state index is 12.8. The fourth-order valence-electron chi connectivity index (χ4n) is 2.86. The predicted molar refractivity (Wildman–Crippen MR) is 122 cm³/mol. The first-order valence-electron chi connectivity index (χ1n) is 9.48. The maximum absolute atomic E-state index is 12.8. The van der Waals surface area contributed by atoms with Crippen molar-refractivity contribution in [3.63, 3.8) is 0 Å². The van der Waals surface area contributed by atoms with E-state index in [4.69, 9.17) is 21.1 Å². The zero-order valence-electron chi connectivity index (χ0n) is 16.8. The Morgan fingerprint density at radius 1 is 1.19 bits per heavy atom. The minimum Gasteiger partial charge on any atom is -0.490 e. The molecular formula is C23H20ClNO5S. The number of halogens is 1. The van der Waals surface area contributed by atoms with E-state index in [9.17, 15) is 14.4 Å². The van der Waals surface area contributed by atoms with Gasteiger partial charge in [0.15, 0.2) is 17.3 Å². The molecule has 0 atom stereocenters. The highest BCUT2D eigenvalue weighted by Crippen LogP contribution is 2.39. The van der Waals surface area contributed by atoms with Crippen LogP contribution in [0.25, 0.3) is 6.08 Å². The van der Waals surface area contributed by atoms with E-state index in [2.05, 4.69) is 6.58 Å². The summed E-state index contributed by atoms with van der Waals surface area (Å²) in [6.07, 6.45) is 3.14. The van der Waals surface area contributed by atoms with Crippen LogP contribution in [0.5, 0.6) is 11.5 Å². The Morgan fingerprint density at radius 2 is 1.94 bits per heavy atom. The molecule has 0 spiro atoms. The first kappa shape index (κ1) is 22.7. The van der Waals surface area contributed by atoms with Crippen LogP contribution < -0.4 is 9.47 Å². The minimum absolute atomic E-state index is 0.198. The quantitative estimate of drug-likeness (QED) is 0.292. The first-order chi connectivity index (χ1) is 14.9. The number of hydrogen-bond donors (Lipinski definition) is 0. The lowest BCUT2D eigenvalue weighted by molar-refractivity contribution is -0.122. The zero-order chi connectivity index (χ0) is 22.4. The molecule has 1 saturated heterocycles. The molecule has 0 aromatic heterocycles. The van der Waals surface area contributed by atoms with Crippen LogP contribution in [0.4, 0.5) is 4.79 Å². The van der Waals surface area contributed by atoms with Gasteiger partial charge < -0.3 is 9.47 Å². The molecule has 1 fully saturated rings. The Hall–Kier alpha value is -3.03. The number of carbonyl (C=O) groups is 3. The number of ether oxygens (including phenoxy) is 2. The van der Waals surface area contributed by atoms with Gasteiger partial charge in [-0.05, 0) is 42.5 Å². The second kappa shape index (κ2) is 10.3. The number of nitrogens with zero attached hydrogens (tertiary/aromatic N) is 1. The number of imide groups is 1. The van der Waals surface area contributed by atoms with Crippen molar-refractivity contribution in [2.45, 2.75) is 6.92 Å². The van der Waals surface area contributed by atoms with Crippen LogP contribution in [0.15, 0.2) is 60.0 Å². The van der Waals surface area contributed by atoms with E-state index in [-0.39, 0.29) is 23.8 Å². The van der Waals surface area contributed by atoms with Gasteiger partial charge in [0.2, 0.25) is 0 Å². The highest BCUT2D eigenvalue weighted by molar-refractivity contribution is 8.18. The molecule has 0 radical (unpaired) electrons. The summed E-state index contributed by atoms with van der Waals surface area (Å²) >= 11 is 7.11. The summed E-state index contributed by atoms with van der Waals surface area (Å²) in [5.74, 6) is -0.0430. The smallest absolute Gasteiger partial charge is 0.293 e. The van der Waals surface area contributed by atoms with Gasteiger partial charge in [-0.25, -0.2) is 0 Å². The SMILES string of the molecule is C=CCOc1c(Cl)cc(/C=C2/SC(=O)N(CC(=O)c3ccccc3)C2=O)cc1OCC. The summed E-state index contributed by atoms with van der Waals surface area (Å²) in [5, 5.41) is -0.194. The van der Waals surface area contributed by atoms with Crippen LogP contribution in [0.2, 0.25) is 5.02 Å². The summed E-state index contributed by atoms with van der Waals surface area (Å²) in [6.45, 7) is 5.77. The molecule has 2 aromatic rings. The predicted octanol–water partition coefficient (Wildman–Crippen LogP) is 5.22. The van der Waals surface area contributed by atoms with Crippen LogP contribution in [-0.2, 0) is 4.79 Å². The lowest BCUT2D eigenvalue weighted by Crippen LogP contribution is -2.33. The zero-order valence-corrected chi connectivity index (χ0v) is 18.4. The molecular weight excluding hydrogens is 438 g/mol. The van der Waals surface area contributed by atoms with E-state index in [1.165, 1.54) is 0 Å². The number of amides is 2. The Morgan fingerprint density at radius 3 is 2.61 bits per heavy atom. The summed E-state index contributed by atoms with van der Waals surface area (Å²) in [5.41, 5.74) is 1.01. The maximum Gasteiger partial charge on any atom is 0.293 e. The summed E-state index contributed by atoms with van der Waals surface area (Å²) < 4.78 is 11.2. The molecule has 0 saturated carbocycles. The summed E-state index contributed by atoms with van der Waals surface area (Å²) in [7, 11) is 0. The monoisotopic (exact) mass is 457 g/mol. The number of Topliss-reactive ketones (excluding diaryl/α,β-unsaturated/α-hetero) is 1. The fraction of sp³-hybridized carbons (Fsp3) is 0.174. The van der Waals surface area contributed by atoms with E-state index in [0.717, 1.165) is 16.7 Å². The fourth-order valence-corrected chi connectivity index (χ4v) is 3.98. The van der Waals surface area contributed by atoms with Gasteiger partial charge in [-0.2, -0.15) is 0 Å². The van der Waals surface area contributed by atoms with Crippen molar-refractivity contribution in [2.75, 3.05) is 19.8 Å². The molecule has 1 heterocycles. The largest absolute Gasteiger partial charge is 0.490 e. The van der Waals surface area contributed by atoms with Crippen molar-refractivity contribution < 1.29 is 23.9 Å². The molecule has 1 aliphatic rings. The van der Waals surface area contributed by atoms with Crippen molar-refractivity contribution in [3.05, 3.63) is 76.2 Å². The van der Waals surface area contributed by atoms with Gasteiger partial charge in [0.1, 0.15) is 6.61 Å². The second-order valence-corrected chi connectivity index (χ2v) is 7.82. The highest BCUT2D eigenvalue weighted by Gasteiger charge is 2.36. The van der Waals surface area contributed by atoms with Gasteiger partial charge in [-0.3, -0.25) is 19.3 Å². The van der Waals surface area contributed by atoms with E-state index >= 15 is 0 Å². The molecule has 160 valence electrons. The van der Waals surface area contributed by atoms with Crippen molar-refractivity contribution in [1.82, 2.24) is 4.90 Å². The van der Waals surface area contributed by atoms with Crippen LogP contribution >= 0.6 is 23.4 Å². The lowest BCUT2D eigenvalue weighted by Gasteiger charge is -2.13. The molecule has 31 heavy (non-hydrogen) atoms. The average Bonchev–Trinajstić information content (AvgIpc) is 3.01. The molecule has 3 rings (SSSR count). The van der Waals surface area contributed by atoms with Gasteiger partial charge in [0.05, 0.1) is 23.1 Å². The molecule has 1 aliphatic heterocycles. The minimum atomic E-state index is -0.527. The van der Waals surface area contributed by atoms with E-state index < -0.39 is 11.1 Å². The van der Waals surface area contributed by atoms with Crippen molar-refractivity contribution in [2.24, 2.45) is 0 Å². The number of ketones is 1. The molecule has 0 aliphatic carbocycles. The van der Waals surface area contributed by atoms with Gasteiger partial charge in [0.25, 0.3) is 11.1 Å². The Kier molecular flexibility index (Phi) is 7.55. The number of carbonyl (C=O) groups excluding carboxylic acids is 3. The van der Waals surface area contributed by atoms with Crippen LogP contribution in [0.1, 0.15) is 22.8 Å². The van der Waals surface area contributed by atoms with Gasteiger partial charge in [-0.15, -0.1) is 0 Å². The van der Waals surface area contributed by atoms with E-state index in [0.29, 0.717) is 34.3 Å². The molecule has 0 unspecified atom stereocenters. The Balaban J connectivity index is 1.83. The second-order valence-electron chi connectivity index (χ2n) is 6.42. The van der Waals surface area contributed by atoms with Crippen LogP contribution in [0, 0.1) is 0 Å². The van der Waals surface area contributed by atoms with Crippen molar-refractivity contribution in [1.29, 1.82) is 0 Å². The molecule has 0 bridgehead atoms.